The Morgan fingerprint density at radius 2 is 1.88 bits per heavy atom. The average molecular weight is 361 g/mol. The number of benzene rings is 2. The monoisotopic (exact) mass is 360 g/mol. The van der Waals surface area contributed by atoms with Crippen LogP contribution in [0.1, 0.15) is 28.8 Å². The fraction of sp³-hybridized carbons (Fsp3) is 0.350. The molecular weight excluding hydrogens is 336 g/mol. The minimum atomic E-state index is 0. The van der Waals surface area contributed by atoms with E-state index in [4.69, 9.17) is 10.5 Å². The summed E-state index contributed by atoms with van der Waals surface area (Å²) in [5, 5.41) is 0. The van der Waals surface area contributed by atoms with Gasteiger partial charge < -0.3 is 15.4 Å². The number of hydrogen-bond donors (Lipinski definition) is 1. The fourth-order valence-electron chi connectivity index (χ4n) is 3.38. The van der Waals surface area contributed by atoms with Gasteiger partial charge in [-0.15, -0.1) is 12.4 Å². The molecule has 0 bridgehead atoms. The van der Waals surface area contributed by atoms with Gasteiger partial charge in [-0.1, -0.05) is 24.3 Å². The number of nitrogens with zero attached hydrogens (tertiary/aromatic N) is 1. The quantitative estimate of drug-likeness (QED) is 0.844. The molecule has 2 N–H and O–H groups in total. The predicted molar refractivity (Wildman–Crippen MR) is 103 cm³/mol. The first-order valence-corrected chi connectivity index (χ1v) is 8.44. The predicted octanol–water partition coefficient (Wildman–Crippen LogP) is 3.79. The van der Waals surface area contributed by atoms with E-state index < -0.39 is 0 Å². The Hall–Kier alpha value is -2.20. The summed E-state index contributed by atoms with van der Waals surface area (Å²) in [5.74, 6) is 1.63. The van der Waals surface area contributed by atoms with Crippen LogP contribution in [-0.4, -0.2) is 31.0 Å². The number of nitrogens with two attached hydrogens (primary N) is 1. The summed E-state index contributed by atoms with van der Waals surface area (Å²) in [4.78, 5) is 14.5. The SMILES string of the molecule is COc1ccccc1CC1CCN(C(=O)c2cccc(N)c2)CC1.Cl. The first kappa shape index (κ1) is 19.1. The average Bonchev–Trinajstić information content (AvgIpc) is 2.62. The molecule has 1 saturated heterocycles. The summed E-state index contributed by atoms with van der Waals surface area (Å²) in [5.41, 5.74) is 8.34. The number of amides is 1. The fourth-order valence-corrected chi connectivity index (χ4v) is 3.38. The van der Waals surface area contributed by atoms with Crippen LogP contribution in [0.3, 0.4) is 0 Å². The number of methoxy groups -OCH3 is 1. The van der Waals surface area contributed by atoms with Crippen LogP contribution in [0, 0.1) is 5.92 Å². The number of anilines is 1. The summed E-state index contributed by atoms with van der Waals surface area (Å²) in [6, 6.07) is 15.4. The molecule has 2 aromatic rings. The van der Waals surface area contributed by atoms with Crippen LogP contribution in [0.2, 0.25) is 0 Å². The van der Waals surface area contributed by atoms with Gasteiger partial charge in [0.2, 0.25) is 0 Å². The van der Waals surface area contributed by atoms with Crippen molar-refractivity contribution in [2.24, 2.45) is 5.92 Å². The van der Waals surface area contributed by atoms with Crippen LogP contribution >= 0.6 is 12.4 Å². The minimum absolute atomic E-state index is 0. The molecule has 0 saturated carbocycles. The van der Waals surface area contributed by atoms with Gasteiger partial charge in [0, 0.05) is 24.3 Å². The van der Waals surface area contributed by atoms with E-state index in [0.717, 1.165) is 38.1 Å². The highest BCUT2D eigenvalue weighted by atomic mass is 35.5. The van der Waals surface area contributed by atoms with E-state index in [0.29, 0.717) is 17.2 Å². The van der Waals surface area contributed by atoms with Crippen LogP contribution in [0.5, 0.6) is 5.75 Å². The molecule has 0 aliphatic carbocycles. The zero-order valence-corrected chi connectivity index (χ0v) is 15.3. The second-order valence-corrected chi connectivity index (χ2v) is 6.38. The number of halogens is 1. The van der Waals surface area contributed by atoms with Gasteiger partial charge in [-0.2, -0.15) is 0 Å². The topological polar surface area (TPSA) is 55.6 Å². The van der Waals surface area contributed by atoms with E-state index in [9.17, 15) is 4.79 Å². The molecule has 2 aromatic carbocycles. The summed E-state index contributed by atoms with van der Waals surface area (Å²) < 4.78 is 5.44. The molecular formula is C20H25ClN2O2. The van der Waals surface area contributed by atoms with Crippen molar-refractivity contribution in [1.29, 1.82) is 0 Å². The summed E-state index contributed by atoms with van der Waals surface area (Å²) in [6.45, 7) is 1.60. The van der Waals surface area contributed by atoms with Crippen LogP contribution in [0.4, 0.5) is 5.69 Å². The van der Waals surface area contributed by atoms with Gasteiger partial charge in [0.25, 0.3) is 5.91 Å². The summed E-state index contributed by atoms with van der Waals surface area (Å²) >= 11 is 0. The second-order valence-electron chi connectivity index (χ2n) is 6.38. The largest absolute Gasteiger partial charge is 0.496 e. The van der Waals surface area contributed by atoms with E-state index in [2.05, 4.69) is 12.1 Å². The standard InChI is InChI=1S/C20H24N2O2.ClH/c1-24-19-8-3-2-5-16(19)13-15-9-11-22(12-10-15)20(23)17-6-4-7-18(21)14-17;/h2-8,14-15H,9-13,21H2,1H3;1H. The number of para-hydroxylation sites is 1. The molecule has 4 nitrogen and oxygen atoms in total. The van der Waals surface area contributed by atoms with Gasteiger partial charge in [-0.25, -0.2) is 0 Å². The maximum Gasteiger partial charge on any atom is 0.253 e. The molecule has 1 fully saturated rings. The molecule has 0 aromatic heterocycles. The number of carbonyl (C=O) groups excluding carboxylic acids is 1. The molecule has 0 unspecified atom stereocenters. The lowest BCUT2D eigenvalue weighted by atomic mass is 9.89. The minimum Gasteiger partial charge on any atom is -0.496 e. The van der Waals surface area contributed by atoms with Gasteiger partial charge in [-0.3, -0.25) is 4.79 Å². The van der Waals surface area contributed by atoms with Gasteiger partial charge in [-0.05, 0) is 55.0 Å². The lowest BCUT2D eigenvalue weighted by Crippen LogP contribution is -2.38. The van der Waals surface area contributed by atoms with Crippen molar-refractivity contribution < 1.29 is 9.53 Å². The van der Waals surface area contributed by atoms with E-state index in [1.807, 2.05) is 29.2 Å². The van der Waals surface area contributed by atoms with Gasteiger partial charge in [0.15, 0.2) is 0 Å². The maximum absolute atomic E-state index is 12.6. The Morgan fingerprint density at radius 3 is 2.56 bits per heavy atom. The molecule has 1 amide bonds. The molecule has 1 heterocycles. The Labute approximate surface area is 155 Å². The lowest BCUT2D eigenvalue weighted by Gasteiger charge is -2.32. The molecule has 1 aliphatic rings. The molecule has 134 valence electrons. The van der Waals surface area contributed by atoms with Crippen molar-refractivity contribution in [1.82, 2.24) is 4.90 Å². The molecule has 3 rings (SSSR count). The number of piperidine rings is 1. The maximum atomic E-state index is 12.6. The third-order valence-corrected chi connectivity index (χ3v) is 4.74. The number of carbonyl (C=O) groups is 1. The summed E-state index contributed by atoms with van der Waals surface area (Å²) in [7, 11) is 1.71. The van der Waals surface area contributed by atoms with Crippen molar-refractivity contribution in [2.45, 2.75) is 19.3 Å². The van der Waals surface area contributed by atoms with Crippen LogP contribution < -0.4 is 10.5 Å². The van der Waals surface area contributed by atoms with Crippen molar-refractivity contribution in [2.75, 3.05) is 25.9 Å². The van der Waals surface area contributed by atoms with E-state index >= 15 is 0 Å². The molecule has 0 atom stereocenters. The number of ether oxygens (including phenoxy) is 1. The Kier molecular flexibility index (Phi) is 6.71. The molecule has 25 heavy (non-hydrogen) atoms. The zero-order chi connectivity index (χ0) is 16.9. The number of likely N-dealkylation sites (tertiary alicyclic amines) is 1. The zero-order valence-electron chi connectivity index (χ0n) is 14.5. The van der Waals surface area contributed by atoms with Crippen molar-refractivity contribution in [3.63, 3.8) is 0 Å². The normalized spacial score (nSPS) is 14.7. The Bertz CT molecular complexity index is 712. The highest BCUT2D eigenvalue weighted by Gasteiger charge is 2.24. The number of hydrogen-bond acceptors (Lipinski definition) is 3. The van der Waals surface area contributed by atoms with Crippen LogP contribution in [-0.2, 0) is 6.42 Å². The second kappa shape index (κ2) is 8.77. The van der Waals surface area contributed by atoms with E-state index in [1.165, 1.54) is 5.56 Å². The van der Waals surface area contributed by atoms with Crippen molar-refractivity contribution in [3.05, 3.63) is 59.7 Å². The van der Waals surface area contributed by atoms with Gasteiger partial charge in [0.1, 0.15) is 5.75 Å². The highest BCUT2D eigenvalue weighted by molar-refractivity contribution is 5.95. The smallest absolute Gasteiger partial charge is 0.253 e. The third kappa shape index (κ3) is 4.67. The van der Waals surface area contributed by atoms with Gasteiger partial charge >= 0.3 is 0 Å². The van der Waals surface area contributed by atoms with Crippen LogP contribution in [0.25, 0.3) is 0 Å². The van der Waals surface area contributed by atoms with E-state index in [1.54, 1.807) is 19.2 Å². The van der Waals surface area contributed by atoms with Crippen LogP contribution in [0.15, 0.2) is 48.5 Å². The molecule has 1 aliphatic heterocycles. The molecule has 0 spiro atoms. The first-order valence-electron chi connectivity index (χ1n) is 8.44. The summed E-state index contributed by atoms with van der Waals surface area (Å²) in [6.07, 6.45) is 3.04. The van der Waals surface area contributed by atoms with Crippen molar-refractivity contribution >= 4 is 24.0 Å². The van der Waals surface area contributed by atoms with Crippen molar-refractivity contribution in [3.8, 4) is 5.75 Å². The highest BCUT2D eigenvalue weighted by Crippen LogP contribution is 2.27. The number of rotatable bonds is 4. The third-order valence-electron chi connectivity index (χ3n) is 4.74. The molecule has 5 heteroatoms. The Morgan fingerprint density at radius 1 is 1.16 bits per heavy atom. The van der Waals surface area contributed by atoms with Gasteiger partial charge in [0.05, 0.1) is 7.11 Å². The lowest BCUT2D eigenvalue weighted by molar-refractivity contribution is 0.0690. The number of nitrogen functional groups attached to an aromatic ring is 1. The first-order chi connectivity index (χ1) is 11.7. The Balaban J connectivity index is 0.00000225. The molecule has 0 radical (unpaired) electrons. The van der Waals surface area contributed by atoms with E-state index in [-0.39, 0.29) is 18.3 Å².